The molecule has 0 atom stereocenters. The number of hydrogen-bond donors (Lipinski definition) is 1. The Morgan fingerprint density at radius 2 is 1.78 bits per heavy atom. The van der Waals surface area contributed by atoms with Crippen molar-refractivity contribution in [3.8, 4) is 11.3 Å². The molecule has 7 heteroatoms. The van der Waals surface area contributed by atoms with Gasteiger partial charge in [0.2, 0.25) is 5.91 Å². The van der Waals surface area contributed by atoms with Crippen molar-refractivity contribution in [1.29, 1.82) is 0 Å². The average molecular weight is 368 g/mol. The smallest absolute Gasteiger partial charge is 0.306 e. The van der Waals surface area contributed by atoms with Gasteiger partial charge in [0.15, 0.2) is 11.7 Å². The monoisotopic (exact) mass is 368 g/mol. The van der Waals surface area contributed by atoms with E-state index in [4.69, 9.17) is 14.9 Å². The van der Waals surface area contributed by atoms with Crippen LogP contribution in [0.1, 0.15) is 28.2 Å². The second-order valence-corrected chi connectivity index (χ2v) is 5.85. The van der Waals surface area contributed by atoms with Gasteiger partial charge in [0, 0.05) is 17.5 Å². The Balaban J connectivity index is 1.48. The molecule has 0 aliphatic rings. The first-order valence-corrected chi connectivity index (χ1v) is 8.26. The molecule has 0 saturated carbocycles. The number of nitrogens with two attached hydrogens (primary N) is 1. The third kappa shape index (κ3) is 5.01. The fourth-order valence-electron chi connectivity index (χ4n) is 2.38. The van der Waals surface area contributed by atoms with E-state index in [-0.39, 0.29) is 18.8 Å². The number of benzene rings is 2. The van der Waals surface area contributed by atoms with E-state index >= 15 is 0 Å². The van der Waals surface area contributed by atoms with Gasteiger partial charge in [0.1, 0.15) is 12.4 Å². The minimum Gasteiger partial charge on any atom is -0.461 e. The van der Waals surface area contributed by atoms with Gasteiger partial charge in [-0.25, -0.2) is 9.37 Å². The van der Waals surface area contributed by atoms with Crippen LogP contribution in [0, 0.1) is 5.82 Å². The standard InChI is InChI=1S/C20H17FN2O4/c21-16-7-5-14(6-8-16)17-11-23-18(27-17)9-10-19(24)26-12-13-1-3-15(4-2-13)20(22)25/h1-8,11H,9-10,12H2,(H2,22,25). The number of hydrogen-bond acceptors (Lipinski definition) is 5. The van der Waals surface area contributed by atoms with Crippen LogP contribution >= 0.6 is 0 Å². The van der Waals surface area contributed by atoms with Crippen molar-refractivity contribution in [3.05, 3.63) is 77.6 Å². The summed E-state index contributed by atoms with van der Waals surface area (Å²) in [5.41, 5.74) is 7.02. The number of rotatable bonds is 7. The zero-order chi connectivity index (χ0) is 19.2. The van der Waals surface area contributed by atoms with Crippen molar-refractivity contribution < 1.29 is 23.1 Å². The van der Waals surface area contributed by atoms with E-state index in [9.17, 15) is 14.0 Å². The first-order chi connectivity index (χ1) is 13.0. The van der Waals surface area contributed by atoms with Gasteiger partial charge in [0.05, 0.1) is 12.6 Å². The zero-order valence-electron chi connectivity index (χ0n) is 14.4. The predicted molar refractivity (Wildman–Crippen MR) is 95.0 cm³/mol. The van der Waals surface area contributed by atoms with E-state index in [1.54, 1.807) is 36.4 Å². The Bertz CT molecular complexity index is 933. The lowest BCUT2D eigenvalue weighted by Crippen LogP contribution is -2.11. The van der Waals surface area contributed by atoms with Crippen molar-refractivity contribution in [2.24, 2.45) is 5.73 Å². The van der Waals surface area contributed by atoms with E-state index in [0.29, 0.717) is 29.2 Å². The lowest BCUT2D eigenvalue weighted by Gasteiger charge is -2.05. The maximum Gasteiger partial charge on any atom is 0.306 e. The summed E-state index contributed by atoms with van der Waals surface area (Å²) in [5, 5.41) is 0. The van der Waals surface area contributed by atoms with Crippen LogP contribution in [-0.2, 0) is 22.6 Å². The van der Waals surface area contributed by atoms with Gasteiger partial charge >= 0.3 is 5.97 Å². The van der Waals surface area contributed by atoms with Crippen LogP contribution < -0.4 is 5.73 Å². The molecule has 1 heterocycles. The molecule has 6 nitrogen and oxygen atoms in total. The summed E-state index contributed by atoms with van der Waals surface area (Å²) in [6.07, 6.45) is 1.94. The average Bonchev–Trinajstić information content (AvgIpc) is 3.14. The maximum atomic E-state index is 12.9. The Labute approximate surface area is 154 Å². The van der Waals surface area contributed by atoms with Crippen molar-refractivity contribution in [1.82, 2.24) is 4.98 Å². The van der Waals surface area contributed by atoms with Crippen LogP contribution in [0.3, 0.4) is 0 Å². The van der Waals surface area contributed by atoms with E-state index in [0.717, 1.165) is 5.56 Å². The molecule has 0 saturated heterocycles. The summed E-state index contributed by atoms with van der Waals surface area (Å²) < 4.78 is 23.7. The Hall–Kier alpha value is -3.48. The second-order valence-electron chi connectivity index (χ2n) is 5.85. The zero-order valence-corrected chi connectivity index (χ0v) is 14.4. The molecule has 0 bridgehead atoms. The number of aryl methyl sites for hydroxylation is 1. The summed E-state index contributed by atoms with van der Waals surface area (Å²) >= 11 is 0. The first-order valence-electron chi connectivity index (χ1n) is 8.26. The van der Waals surface area contributed by atoms with Gasteiger partial charge in [-0.3, -0.25) is 9.59 Å². The van der Waals surface area contributed by atoms with Crippen molar-refractivity contribution >= 4 is 11.9 Å². The van der Waals surface area contributed by atoms with Gasteiger partial charge in [-0.2, -0.15) is 0 Å². The van der Waals surface area contributed by atoms with Gasteiger partial charge in [-0.15, -0.1) is 0 Å². The number of amides is 1. The van der Waals surface area contributed by atoms with Crippen molar-refractivity contribution in [2.75, 3.05) is 0 Å². The fraction of sp³-hybridized carbons (Fsp3) is 0.150. The number of primary amides is 1. The van der Waals surface area contributed by atoms with E-state index in [2.05, 4.69) is 4.98 Å². The molecule has 2 N–H and O–H groups in total. The molecule has 1 amide bonds. The molecule has 0 spiro atoms. The number of carbonyl (C=O) groups excluding carboxylic acids is 2. The Morgan fingerprint density at radius 3 is 2.44 bits per heavy atom. The minimum absolute atomic E-state index is 0.101. The maximum absolute atomic E-state index is 12.9. The lowest BCUT2D eigenvalue weighted by atomic mass is 10.1. The molecule has 0 radical (unpaired) electrons. The molecular weight excluding hydrogens is 351 g/mol. The summed E-state index contributed by atoms with van der Waals surface area (Å²) in [4.78, 5) is 27.0. The van der Waals surface area contributed by atoms with Crippen LogP contribution in [0.15, 0.2) is 59.1 Å². The third-order valence-corrected chi connectivity index (χ3v) is 3.86. The number of oxazole rings is 1. The molecule has 27 heavy (non-hydrogen) atoms. The molecule has 0 unspecified atom stereocenters. The lowest BCUT2D eigenvalue weighted by molar-refractivity contribution is -0.145. The first kappa shape index (κ1) is 18.3. The van der Waals surface area contributed by atoms with Crippen LogP contribution in [0.2, 0.25) is 0 Å². The van der Waals surface area contributed by atoms with Gasteiger partial charge in [-0.1, -0.05) is 12.1 Å². The highest BCUT2D eigenvalue weighted by Crippen LogP contribution is 2.21. The highest BCUT2D eigenvalue weighted by molar-refractivity contribution is 5.92. The Kier molecular flexibility index (Phi) is 5.61. The number of aromatic nitrogens is 1. The summed E-state index contributed by atoms with van der Waals surface area (Å²) in [5.74, 6) is -0.324. The van der Waals surface area contributed by atoms with Crippen molar-refractivity contribution in [3.63, 3.8) is 0 Å². The van der Waals surface area contributed by atoms with Gasteiger partial charge in [0.25, 0.3) is 0 Å². The van der Waals surface area contributed by atoms with Gasteiger partial charge < -0.3 is 14.9 Å². The molecule has 138 valence electrons. The number of carbonyl (C=O) groups is 2. The minimum atomic E-state index is -0.510. The molecule has 0 aliphatic carbocycles. The number of esters is 1. The van der Waals surface area contributed by atoms with E-state index < -0.39 is 11.9 Å². The second kappa shape index (κ2) is 8.27. The highest BCUT2D eigenvalue weighted by atomic mass is 19.1. The third-order valence-electron chi connectivity index (χ3n) is 3.86. The van der Waals surface area contributed by atoms with Crippen LogP contribution in [-0.4, -0.2) is 16.9 Å². The quantitative estimate of drug-likeness (QED) is 0.646. The highest BCUT2D eigenvalue weighted by Gasteiger charge is 2.10. The largest absolute Gasteiger partial charge is 0.461 e. The molecule has 3 aromatic rings. The molecule has 0 fully saturated rings. The van der Waals surface area contributed by atoms with Crippen LogP contribution in [0.5, 0.6) is 0 Å². The Morgan fingerprint density at radius 1 is 1.07 bits per heavy atom. The van der Waals surface area contributed by atoms with E-state index in [1.807, 2.05) is 0 Å². The normalized spacial score (nSPS) is 10.6. The SMILES string of the molecule is NC(=O)c1ccc(COC(=O)CCc2ncc(-c3ccc(F)cc3)o2)cc1. The molecular formula is C20H17FN2O4. The molecule has 3 rings (SSSR count). The number of nitrogens with zero attached hydrogens (tertiary/aromatic N) is 1. The molecule has 0 aliphatic heterocycles. The summed E-state index contributed by atoms with van der Waals surface area (Å²) in [7, 11) is 0. The summed E-state index contributed by atoms with van der Waals surface area (Å²) in [6.45, 7) is 0.101. The molecule has 2 aromatic carbocycles. The topological polar surface area (TPSA) is 95.4 Å². The fourth-order valence-corrected chi connectivity index (χ4v) is 2.38. The predicted octanol–water partition coefficient (Wildman–Crippen LogP) is 3.26. The van der Waals surface area contributed by atoms with Crippen molar-refractivity contribution in [2.45, 2.75) is 19.4 Å². The number of halogens is 1. The molecule has 1 aromatic heterocycles. The van der Waals surface area contributed by atoms with Gasteiger partial charge in [-0.05, 0) is 42.0 Å². The summed E-state index contributed by atoms with van der Waals surface area (Å²) in [6, 6.07) is 12.4. The number of ether oxygens (including phenoxy) is 1. The van der Waals surface area contributed by atoms with Crippen LogP contribution in [0.25, 0.3) is 11.3 Å². The van der Waals surface area contributed by atoms with Crippen LogP contribution in [0.4, 0.5) is 4.39 Å². The van der Waals surface area contributed by atoms with E-state index in [1.165, 1.54) is 18.3 Å².